The van der Waals surface area contributed by atoms with E-state index in [-0.39, 0.29) is 38.1 Å². The third kappa shape index (κ3) is 7.53. The maximum absolute atomic E-state index is 13.9. The van der Waals surface area contributed by atoms with Crippen LogP contribution in [0.2, 0.25) is 0 Å². The van der Waals surface area contributed by atoms with E-state index in [2.05, 4.69) is 54.0 Å². The number of hydrogen-bond acceptors (Lipinski definition) is 19. The number of aliphatic imine (C=N–C) groups is 1. The van der Waals surface area contributed by atoms with Crippen molar-refractivity contribution in [3.63, 3.8) is 0 Å². The highest BCUT2D eigenvalue weighted by Crippen LogP contribution is 2.47. The second-order valence-corrected chi connectivity index (χ2v) is 11.2. The summed E-state index contributed by atoms with van der Waals surface area (Å²) in [7, 11) is 0. The number of halogens is 3. The number of benzene rings is 4. The van der Waals surface area contributed by atoms with E-state index in [1.165, 1.54) is 36.4 Å². The van der Waals surface area contributed by atoms with Crippen LogP contribution in [0.5, 0.6) is 11.5 Å². The summed E-state index contributed by atoms with van der Waals surface area (Å²) < 4.78 is 41.1. The monoisotopic (exact) mass is 719 g/mol. The van der Waals surface area contributed by atoms with Crippen molar-refractivity contribution in [2.75, 3.05) is 5.32 Å². The highest BCUT2D eigenvalue weighted by atomic mass is 35.5. The van der Waals surface area contributed by atoms with Crippen LogP contribution >= 0.6 is 47.7 Å². The molecule has 242 valence electrons. The lowest BCUT2D eigenvalue weighted by Crippen LogP contribution is -2.31. The number of azo groups is 1. The highest BCUT2D eigenvalue weighted by Gasteiger charge is 2.23. The molecule has 0 saturated heterocycles. The zero-order valence-electron chi connectivity index (χ0n) is 22.1. The van der Waals surface area contributed by atoms with Crippen molar-refractivity contribution in [1.29, 1.82) is 0 Å². The van der Waals surface area contributed by atoms with Crippen molar-refractivity contribution in [3.8, 4) is 11.5 Å². The second-order valence-electron chi connectivity index (χ2n) is 8.56. The highest BCUT2D eigenvalue weighted by molar-refractivity contribution is 7.95. The van der Waals surface area contributed by atoms with E-state index in [1.54, 1.807) is 12.1 Å². The summed E-state index contributed by atoms with van der Waals surface area (Å²) in [6.45, 7) is 0. The summed E-state index contributed by atoms with van der Waals surface area (Å²) in [5.74, 6) is -1.07. The quantitative estimate of drug-likeness (QED) is 0.0228. The molecular formula is C24H16ClF2N5O11S3. The summed E-state index contributed by atoms with van der Waals surface area (Å²) >= 11 is 7.59. The molecule has 0 spiro atoms. The molecule has 1 unspecified atom stereocenters. The fraction of sp³-hybridized carbons (Fsp3) is 0.0417. The number of phenols is 2. The van der Waals surface area contributed by atoms with Gasteiger partial charge < -0.3 is 20.8 Å². The first-order valence-electron chi connectivity index (χ1n) is 12.0. The van der Waals surface area contributed by atoms with Crippen LogP contribution in [0.3, 0.4) is 0 Å². The molecule has 4 aromatic carbocycles. The van der Waals surface area contributed by atoms with Crippen molar-refractivity contribution >= 4 is 92.4 Å². The van der Waals surface area contributed by atoms with E-state index in [0.29, 0.717) is 57.2 Å². The predicted octanol–water partition coefficient (Wildman–Crippen LogP) is 8.15. The SMILES string of the molecule is OOOSc1ccc2c(N=Nc3c(SOOO)cc4ccc(NC5=C(Cl)C(F)N=C(F)N5)cc4c3O)c(O)cc(SOOO)c2c1. The fourth-order valence-electron chi connectivity index (χ4n) is 4.11. The Hall–Kier alpha value is -3.55. The van der Waals surface area contributed by atoms with Gasteiger partial charge in [-0.25, -0.2) is 20.2 Å². The van der Waals surface area contributed by atoms with Gasteiger partial charge in [-0.05, 0) is 41.8 Å². The van der Waals surface area contributed by atoms with Crippen molar-refractivity contribution in [1.82, 2.24) is 5.32 Å². The van der Waals surface area contributed by atoms with Crippen molar-refractivity contribution in [2.45, 2.75) is 21.0 Å². The minimum Gasteiger partial charge on any atom is -0.506 e. The Morgan fingerprint density at radius 1 is 0.826 bits per heavy atom. The molecule has 1 atom stereocenters. The van der Waals surface area contributed by atoms with Crippen LogP contribution in [0.4, 0.5) is 25.8 Å². The largest absolute Gasteiger partial charge is 0.506 e. The predicted molar refractivity (Wildman–Crippen MR) is 160 cm³/mol. The number of fused-ring (bicyclic) bond motifs is 2. The van der Waals surface area contributed by atoms with Gasteiger partial charge in [-0.2, -0.15) is 9.38 Å². The molecule has 0 radical (unpaired) electrons. The molecule has 0 bridgehead atoms. The number of alkyl halides is 1. The summed E-state index contributed by atoms with van der Waals surface area (Å²) in [6, 6.07) is 11.8. The van der Waals surface area contributed by atoms with Gasteiger partial charge in [0.05, 0.1) is 45.9 Å². The Bertz CT molecular complexity index is 1870. The van der Waals surface area contributed by atoms with Crippen LogP contribution in [0, 0.1) is 0 Å². The Labute approximate surface area is 272 Å². The lowest BCUT2D eigenvalue weighted by Gasteiger charge is -2.19. The van der Waals surface area contributed by atoms with Gasteiger partial charge in [0.2, 0.25) is 6.30 Å². The lowest BCUT2D eigenvalue weighted by molar-refractivity contribution is -0.432. The van der Waals surface area contributed by atoms with Crippen molar-refractivity contribution in [3.05, 3.63) is 59.4 Å². The van der Waals surface area contributed by atoms with Gasteiger partial charge in [-0.3, -0.25) is 0 Å². The molecule has 1 aliphatic heterocycles. The van der Waals surface area contributed by atoms with Gasteiger partial charge in [0.15, 0.2) is 5.75 Å². The van der Waals surface area contributed by atoms with Gasteiger partial charge in [0, 0.05) is 26.7 Å². The number of phenolic OH excluding ortho intramolecular Hbond substituents is 2. The Kier molecular flexibility index (Phi) is 11.3. The number of anilines is 1. The van der Waals surface area contributed by atoms with Gasteiger partial charge in [-0.1, -0.05) is 38.8 Å². The molecule has 0 fully saturated rings. The van der Waals surface area contributed by atoms with Crippen LogP contribution in [0.15, 0.2) is 89.3 Å². The standard InChI is InChI=1S/C24H16ClF2N5O11S3/c25-18-22(26)29-24(27)30-23(18)28-10-2-1-9-5-17(46-43-40-37)20(21(34)13(9)6-10)32-31-19-12-4-3-11(44-41-38-35)7-14(12)16(8-15(19)33)45-42-39-36/h1-8,22,28,33-37H,(H,29,30). The summed E-state index contributed by atoms with van der Waals surface area (Å²) in [6.07, 6.45) is -3.32. The summed E-state index contributed by atoms with van der Waals surface area (Å²) in [4.78, 5) is 3.82. The van der Waals surface area contributed by atoms with E-state index in [0.717, 1.165) is 0 Å². The average Bonchev–Trinajstić information content (AvgIpc) is 3.04. The maximum Gasteiger partial charge on any atom is 0.286 e. The molecule has 5 rings (SSSR count). The molecule has 1 aliphatic rings. The number of aromatic hydroxyl groups is 2. The van der Waals surface area contributed by atoms with Gasteiger partial charge in [0.1, 0.15) is 28.0 Å². The Balaban J connectivity index is 1.59. The first kappa shape index (κ1) is 33.8. The molecule has 46 heavy (non-hydrogen) atoms. The van der Waals surface area contributed by atoms with Crippen molar-refractivity contribution < 1.29 is 62.9 Å². The molecule has 16 nitrogen and oxygen atoms in total. The molecule has 7 N–H and O–H groups in total. The Morgan fingerprint density at radius 3 is 2.26 bits per heavy atom. The molecule has 0 aromatic heterocycles. The number of nitrogens with one attached hydrogen (secondary N) is 2. The van der Waals surface area contributed by atoms with E-state index >= 15 is 0 Å². The molecule has 4 aromatic rings. The molecule has 0 aliphatic carbocycles. The van der Waals surface area contributed by atoms with Crippen LogP contribution in [0.25, 0.3) is 21.5 Å². The topological polar surface area (TPSA) is 218 Å². The van der Waals surface area contributed by atoms with E-state index in [4.69, 9.17) is 27.4 Å². The molecule has 0 amide bonds. The van der Waals surface area contributed by atoms with Crippen LogP contribution in [-0.4, -0.2) is 38.4 Å². The van der Waals surface area contributed by atoms with Crippen LogP contribution in [0.1, 0.15) is 0 Å². The number of nitrogens with zero attached hydrogens (tertiary/aromatic N) is 3. The zero-order chi connectivity index (χ0) is 32.8. The lowest BCUT2D eigenvalue weighted by atomic mass is 10.1. The third-order valence-corrected chi connectivity index (χ3v) is 8.18. The van der Waals surface area contributed by atoms with Crippen LogP contribution < -0.4 is 10.6 Å². The second kappa shape index (κ2) is 15.4. The van der Waals surface area contributed by atoms with E-state index in [1.807, 2.05) is 0 Å². The molecule has 1 heterocycles. The molecular weight excluding hydrogens is 704 g/mol. The minimum atomic E-state index is -2.12. The molecule has 22 heteroatoms. The third-order valence-electron chi connectivity index (χ3n) is 5.97. The molecule has 0 saturated carbocycles. The van der Waals surface area contributed by atoms with E-state index in [9.17, 15) is 19.0 Å². The van der Waals surface area contributed by atoms with Gasteiger partial charge in [-0.15, -0.1) is 23.2 Å². The first-order valence-corrected chi connectivity index (χ1v) is 14.6. The fourth-order valence-corrected chi connectivity index (χ4v) is 5.67. The minimum absolute atomic E-state index is 0.0836. The number of rotatable bonds is 13. The zero-order valence-corrected chi connectivity index (χ0v) is 25.3. The van der Waals surface area contributed by atoms with Gasteiger partial charge in [0.25, 0.3) is 6.09 Å². The number of amidine groups is 1. The average molecular weight is 720 g/mol. The maximum atomic E-state index is 13.9. The Morgan fingerprint density at radius 2 is 1.52 bits per heavy atom. The van der Waals surface area contributed by atoms with Crippen molar-refractivity contribution in [2.24, 2.45) is 15.2 Å². The smallest absolute Gasteiger partial charge is 0.286 e. The normalized spacial score (nSPS) is 15.2. The summed E-state index contributed by atoms with van der Waals surface area (Å²) in [5, 5.41) is 73.0. The number of hydrogen-bond donors (Lipinski definition) is 7. The van der Waals surface area contributed by atoms with Crippen LogP contribution in [-0.2, 0) is 28.1 Å². The van der Waals surface area contributed by atoms with Gasteiger partial charge >= 0.3 is 0 Å². The first-order chi connectivity index (χ1) is 22.2. The summed E-state index contributed by atoms with van der Waals surface area (Å²) in [5.41, 5.74) is -0.0381. The van der Waals surface area contributed by atoms with E-state index < -0.39 is 28.9 Å².